The van der Waals surface area contributed by atoms with Crippen LogP contribution in [-0.4, -0.2) is 20.2 Å². The molecular formula is C15H17N5S. The molecule has 2 aromatic rings. The largest absolute Gasteiger partial charge is 0.262 e. The molecule has 21 heavy (non-hydrogen) atoms. The molecule has 1 aliphatic carbocycles. The molecule has 1 saturated carbocycles. The minimum Gasteiger partial charge on any atom is -0.262 e. The molecule has 0 bridgehead atoms. The lowest BCUT2D eigenvalue weighted by Gasteiger charge is -2.05. The Morgan fingerprint density at radius 1 is 1.29 bits per heavy atom. The van der Waals surface area contributed by atoms with E-state index in [1.807, 2.05) is 18.2 Å². The Labute approximate surface area is 128 Å². The van der Waals surface area contributed by atoms with Crippen molar-refractivity contribution in [1.82, 2.24) is 20.2 Å². The lowest BCUT2D eigenvalue weighted by atomic mass is 10.0. The Morgan fingerprint density at radius 2 is 2.14 bits per heavy atom. The van der Waals surface area contributed by atoms with Gasteiger partial charge in [-0.1, -0.05) is 31.7 Å². The monoisotopic (exact) mass is 299 g/mol. The van der Waals surface area contributed by atoms with Crippen LogP contribution < -0.4 is 0 Å². The number of aromatic amines is 1. The van der Waals surface area contributed by atoms with Gasteiger partial charge in [0.1, 0.15) is 22.6 Å². The molecule has 0 saturated heterocycles. The summed E-state index contributed by atoms with van der Waals surface area (Å²) in [5, 5.41) is 17.5. The summed E-state index contributed by atoms with van der Waals surface area (Å²) in [5.74, 6) is 1.81. The summed E-state index contributed by atoms with van der Waals surface area (Å²) in [4.78, 5) is 8.71. The van der Waals surface area contributed by atoms with E-state index in [-0.39, 0.29) is 0 Å². The van der Waals surface area contributed by atoms with E-state index >= 15 is 0 Å². The molecular weight excluding hydrogens is 282 g/mol. The predicted molar refractivity (Wildman–Crippen MR) is 79.7 cm³/mol. The standard InChI is InChI=1S/C15H17N5S/c16-10-12-6-3-7-14(17-12)21-15-18-13(19-20-15)9-8-11-4-1-2-5-11/h3,6-7,11H,1-2,4-5,8-9H2,(H,18,19,20). The van der Waals surface area contributed by atoms with Gasteiger partial charge in [-0.25, -0.2) is 9.97 Å². The summed E-state index contributed by atoms with van der Waals surface area (Å²) in [6.07, 6.45) is 7.64. The average Bonchev–Trinajstić information content (AvgIpc) is 3.17. The zero-order chi connectivity index (χ0) is 14.5. The molecule has 2 heterocycles. The fourth-order valence-electron chi connectivity index (χ4n) is 2.70. The maximum Gasteiger partial charge on any atom is 0.214 e. The molecule has 2 aromatic heterocycles. The SMILES string of the molecule is N#Cc1cccc(Sc2n[nH]c(CCC3CCCC3)n2)n1. The number of nitrogens with one attached hydrogen (secondary N) is 1. The van der Waals surface area contributed by atoms with Gasteiger partial charge in [0.05, 0.1) is 0 Å². The second kappa shape index (κ2) is 6.72. The Kier molecular flexibility index (Phi) is 4.51. The van der Waals surface area contributed by atoms with E-state index < -0.39 is 0 Å². The number of nitrogens with zero attached hydrogens (tertiary/aromatic N) is 4. The number of pyridine rings is 1. The fraction of sp³-hybridized carbons (Fsp3) is 0.467. The van der Waals surface area contributed by atoms with Gasteiger partial charge in [0, 0.05) is 6.42 Å². The number of nitriles is 1. The van der Waals surface area contributed by atoms with E-state index in [0.29, 0.717) is 10.9 Å². The van der Waals surface area contributed by atoms with Crippen LogP contribution in [0.25, 0.3) is 0 Å². The summed E-state index contributed by atoms with van der Waals surface area (Å²) >= 11 is 1.38. The molecule has 6 heteroatoms. The average molecular weight is 299 g/mol. The summed E-state index contributed by atoms with van der Waals surface area (Å²) in [6, 6.07) is 7.41. The van der Waals surface area contributed by atoms with Gasteiger partial charge in [-0.2, -0.15) is 5.26 Å². The van der Waals surface area contributed by atoms with Crippen molar-refractivity contribution in [1.29, 1.82) is 5.26 Å². The van der Waals surface area contributed by atoms with Gasteiger partial charge in [-0.3, -0.25) is 5.10 Å². The van der Waals surface area contributed by atoms with Crippen LogP contribution in [-0.2, 0) is 6.42 Å². The maximum atomic E-state index is 8.85. The third kappa shape index (κ3) is 3.82. The van der Waals surface area contributed by atoms with E-state index in [9.17, 15) is 0 Å². The molecule has 0 atom stereocenters. The molecule has 1 fully saturated rings. The molecule has 0 spiro atoms. The van der Waals surface area contributed by atoms with Gasteiger partial charge in [0.15, 0.2) is 0 Å². The first-order chi connectivity index (χ1) is 10.3. The zero-order valence-electron chi connectivity index (χ0n) is 11.7. The number of aryl methyl sites for hydroxylation is 1. The molecule has 1 aliphatic rings. The maximum absolute atomic E-state index is 8.85. The molecule has 0 amide bonds. The van der Waals surface area contributed by atoms with Crippen molar-refractivity contribution in [2.75, 3.05) is 0 Å². The highest BCUT2D eigenvalue weighted by Crippen LogP contribution is 2.28. The van der Waals surface area contributed by atoms with Crippen molar-refractivity contribution in [2.45, 2.75) is 48.7 Å². The smallest absolute Gasteiger partial charge is 0.214 e. The topological polar surface area (TPSA) is 78.2 Å². The highest BCUT2D eigenvalue weighted by Gasteiger charge is 2.15. The molecule has 5 nitrogen and oxygen atoms in total. The number of hydrogen-bond donors (Lipinski definition) is 1. The van der Waals surface area contributed by atoms with Gasteiger partial charge in [0.25, 0.3) is 0 Å². The first-order valence-corrected chi connectivity index (χ1v) is 8.11. The highest BCUT2D eigenvalue weighted by molar-refractivity contribution is 7.99. The van der Waals surface area contributed by atoms with Crippen LogP contribution in [0, 0.1) is 17.2 Å². The van der Waals surface area contributed by atoms with E-state index in [2.05, 4.69) is 20.2 Å². The Hall–Kier alpha value is -1.87. The van der Waals surface area contributed by atoms with Gasteiger partial charge < -0.3 is 0 Å². The summed E-state index contributed by atoms with van der Waals surface area (Å²) in [5.41, 5.74) is 0.414. The minimum atomic E-state index is 0.414. The number of H-pyrrole nitrogens is 1. The van der Waals surface area contributed by atoms with Gasteiger partial charge >= 0.3 is 0 Å². The van der Waals surface area contributed by atoms with Crippen molar-refractivity contribution in [3.63, 3.8) is 0 Å². The number of rotatable bonds is 5. The molecule has 108 valence electrons. The van der Waals surface area contributed by atoms with Crippen molar-refractivity contribution >= 4 is 11.8 Å². The highest BCUT2D eigenvalue weighted by atomic mass is 32.2. The van der Waals surface area contributed by atoms with Gasteiger partial charge in [-0.15, -0.1) is 5.10 Å². The predicted octanol–water partition coefficient (Wildman–Crippen LogP) is 3.35. The third-order valence-corrected chi connectivity index (χ3v) is 4.61. The Bertz CT molecular complexity index is 640. The third-order valence-electron chi connectivity index (χ3n) is 3.81. The quantitative estimate of drug-likeness (QED) is 0.916. The van der Waals surface area contributed by atoms with Crippen LogP contribution in [0.4, 0.5) is 0 Å². The van der Waals surface area contributed by atoms with Crippen LogP contribution >= 0.6 is 11.8 Å². The van der Waals surface area contributed by atoms with Gasteiger partial charge in [-0.05, 0) is 36.2 Å². The second-order valence-corrected chi connectivity index (χ2v) is 6.32. The van der Waals surface area contributed by atoms with Crippen LogP contribution in [0.1, 0.15) is 43.6 Å². The Morgan fingerprint density at radius 3 is 2.95 bits per heavy atom. The number of aromatic nitrogens is 4. The molecule has 0 aliphatic heterocycles. The van der Waals surface area contributed by atoms with Crippen molar-refractivity contribution < 1.29 is 0 Å². The lowest BCUT2D eigenvalue weighted by Crippen LogP contribution is -1.97. The first-order valence-electron chi connectivity index (χ1n) is 7.30. The fourth-order valence-corrected chi connectivity index (χ4v) is 3.43. The van der Waals surface area contributed by atoms with Crippen LogP contribution in [0.3, 0.4) is 0 Å². The first kappa shape index (κ1) is 14.1. The Balaban J connectivity index is 1.58. The molecule has 1 N–H and O–H groups in total. The van der Waals surface area contributed by atoms with E-state index in [1.54, 1.807) is 6.07 Å². The van der Waals surface area contributed by atoms with Crippen molar-refractivity contribution in [3.8, 4) is 6.07 Å². The molecule has 3 rings (SSSR count). The summed E-state index contributed by atoms with van der Waals surface area (Å²) in [6.45, 7) is 0. The summed E-state index contributed by atoms with van der Waals surface area (Å²) in [7, 11) is 0. The van der Waals surface area contributed by atoms with Gasteiger partial charge in [0.2, 0.25) is 5.16 Å². The van der Waals surface area contributed by atoms with Crippen molar-refractivity contribution in [2.24, 2.45) is 5.92 Å². The van der Waals surface area contributed by atoms with Crippen LogP contribution in [0.15, 0.2) is 28.4 Å². The molecule has 0 radical (unpaired) electrons. The second-order valence-electron chi connectivity index (χ2n) is 5.33. The lowest BCUT2D eigenvalue weighted by molar-refractivity contribution is 0.497. The van der Waals surface area contributed by atoms with E-state index in [0.717, 1.165) is 23.2 Å². The minimum absolute atomic E-state index is 0.414. The molecule has 0 aromatic carbocycles. The number of hydrogen-bond acceptors (Lipinski definition) is 5. The van der Waals surface area contributed by atoms with Crippen LogP contribution in [0.2, 0.25) is 0 Å². The van der Waals surface area contributed by atoms with Crippen LogP contribution in [0.5, 0.6) is 0 Å². The zero-order valence-corrected chi connectivity index (χ0v) is 12.6. The van der Waals surface area contributed by atoms with E-state index in [4.69, 9.17) is 5.26 Å². The normalized spacial score (nSPS) is 15.2. The molecule has 0 unspecified atom stereocenters. The van der Waals surface area contributed by atoms with Crippen molar-refractivity contribution in [3.05, 3.63) is 29.7 Å². The van der Waals surface area contributed by atoms with E-state index in [1.165, 1.54) is 43.9 Å². The summed E-state index contributed by atoms with van der Waals surface area (Å²) < 4.78 is 0.